The number of benzene rings is 1. The van der Waals surface area contributed by atoms with Crippen LogP contribution >= 0.6 is 46.6 Å². The number of alkyl halides is 3. The van der Waals surface area contributed by atoms with Crippen LogP contribution in [0.25, 0.3) is 0 Å². The van der Waals surface area contributed by atoms with Gasteiger partial charge in [-0.15, -0.1) is 11.8 Å². The molecule has 1 aliphatic carbocycles. The summed E-state index contributed by atoms with van der Waals surface area (Å²) in [7, 11) is 0. The molecule has 3 aliphatic rings. The lowest BCUT2D eigenvalue weighted by atomic mass is 10.0. The second kappa shape index (κ2) is 11.4. The van der Waals surface area contributed by atoms with Crippen LogP contribution in [-0.4, -0.2) is 67.6 Å². The third kappa shape index (κ3) is 6.62. The highest BCUT2D eigenvalue weighted by Gasteiger charge is 2.54. The first-order chi connectivity index (χ1) is 17.9. The number of hydrogen-bond donors (Lipinski definition) is 3. The summed E-state index contributed by atoms with van der Waals surface area (Å²) in [6.07, 6.45) is 0.880. The first-order valence-electron chi connectivity index (χ1n) is 11.8. The number of alkyl carbamates (subject to hydrolysis) is 1. The molecule has 1 aromatic carbocycles. The van der Waals surface area contributed by atoms with Gasteiger partial charge in [-0.3, -0.25) is 14.5 Å². The van der Waals surface area contributed by atoms with E-state index >= 15 is 0 Å². The number of ether oxygens (including phenoxy) is 2. The molecule has 1 saturated carbocycles. The minimum Gasteiger partial charge on any atom is -0.508 e. The zero-order valence-corrected chi connectivity index (χ0v) is 23.5. The van der Waals surface area contributed by atoms with E-state index in [1.165, 1.54) is 40.9 Å². The number of phenols is 1. The van der Waals surface area contributed by atoms with Gasteiger partial charge in [-0.25, -0.2) is 9.59 Å². The number of esters is 1. The average molecular weight is 607 g/mol. The number of carbonyl (C=O) groups is 4. The maximum atomic E-state index is 13.3. The third-order valence-corrected chi connectivity index (χ3v) is 8.10. The third-order valence-electron chi connectivity index (χ3n) is 6.35. The summed E-state index contributed by atoms with van der Waals surface area (Å²) in [6.45, 7) is 2.98. The molecule has 206 valence electrons. The van der Waals surface area contributed by atoms with Crippen LogP contribution in [0.15, 0.2) is 35.5 Å². The molecule has 2 fully saturated rings. The molecule has 1 saturated heterocycles. The van der Waals surface area contributed by atoms with Gasteiger partial charge in [0.05, 0.1) is 0 Å². The number of fused-ring (bicyclic) bond motifs is 1. The van der Waals surface area contributed by atoms with E-state index in [2.05, 4.69) is 10.6 Å². The standard InChI is InChI=1S/C24H26Cl3N3O7S/c1-11-9-38-21-17(20(33)30(21)18(11)22(34)36-10-24(25,26)27)28-19(32)16(14-5-7-15(31)8-6-14)29-23(35)37-12(2)13-3-4-13/h5-8,12-13,16-17,21,31H,3-4,9-10H2,1-2H3,(H,28,32)(H,29,35)/t12?,16?,17?,21-/m0/s1. The monoisotopic (exact) mass is 605 g/mol. The summed E-state index contributed by atoms with van der Waals surface area (Å²) in [4.78, 5) is 52.9. The van der Waals surface area contributed by atoms with Gasteiger partial charge < -0.3 is 25.2 Å². The molecule has 10 nitrogen and oxygen atoms in total. The molecule has 2 aliphatic heterocycles. The maximum absolute atomic E-state index is 13.3. The van der Waals surface area contributed by atoms with Gasteiger partial charge in [0.2, 0.25) is 9.70 Å². The Bertz CT molecular complexity index is 1150. The van der Waals surface area contributed by atoms with Crippen LogP contribution in [0.3, 0.4) is 0 Å². The van der Waals surface area contributed by atoms with E-state index < -0.39 is 51.7 Å². The SMILES string of the molecule is CC1=C(C(=O)OCC(Cl)(Cl)Cl)N2C(=O)C(NC(=O)C(NC(=O)OC(C)C3CC3)c3ccc(O)cc3)[C@@H]2SC1. The Balaban J connectivity index is 1.46. The predicted octanol–water partition coefficient (Wildman–Crippen LogP) is 3.55. The Labute approximate surface area is 238 Å². The first-order valence-corrected chi connectivity index (χ1v) is 14.0. The summed E-state index contributed by atoms with van der Waals surface area (Å²) >= 11 is 18.4. The number of hydrogen-bond acceptors (Lipinski definition) is 8. The second-order valence-corrected chi connectivity index (χ2v) is 13.0. The average Bonchev–Trinajstić information content (AvgIpc) is 3.70. The highest BCUT2D eigenvalue weighted by Crippen LogP contribution is 2.41. The summed E-state index contributed by atoms with van der Waals surface area (Å²) in [6, 6.07) is 3.57. The molecule has 0 spiro atoms. The maximum Gasteiger partial charge on any atom is 0.408 e. The number of rotatable bonds is 8. The molecule has 0 aromatic heterocycles. The number of amides is 3. The van der Waals surface area contributed by atoms with Crippen molar-refractivity contribution in [3.63, 3.8) is 0 Å². The molecule has 1 aromatic rings. The Morgan fingerprint density at radius 2 is 1.87 bits per heavy atom. The summed E-state index contributed by atoms with van der Waals surface area (Å²) in [5, 5.41) is 14.3. The highest BCUT2D eigenvalue weighted by molar-refractivity contribution is 8.00. The number of β-lactam (4-membered cyclic amide) rings is 1. The first kappa shape index (κ1) is 28.7. The molecule has 3 amide bonds. The molecule has 4 rings (SSSR count). The van der Waals surface area contributed by atoms with Crippen molar-refractivity contribution in [1.82, 2.24) is 15.5 Å². The van der Waals surface area contributed by atoms with Crippen molar-refractivity contribution in [2.75, 3.05) is 12.4 Å². The van der Waals surface area contributed by atoms with Crippen LogP contribution in [0.1, 0.15) is 38.3 Å². The highest BCUT2D eigenvalue weighted by atomic mass is 35.6. The van der Waals surface area contributed by atoms with E-state index in [0.29, 0.717) is 22.8 Å². The molecule has 3 N–H and O–H groups in total. The van der Waals surface area contributed by atoms with Crippen LogP contribution in [-0.2, 0) is 23.9 Å². The zero-order valence-electron chi connectivity index (χ0n) is 20.4. The number of halogens is 3. The van der Waals surface area contributed by atoms with Crippen LogP contribution in [0, 0.1) is 5.92 Å². The Kier molecular flexibility index (Phi) is 8.61. The number of nitrogens with zero attached hydrogens (tertiary/aromatic N) is 1. The molecular formula is C24H26Cl3N3O7S. The van der Waals surface area contributed by atoms with E-state index in [-0.39, 0.29) is 17.6 Å². The fourth-order valence-corrected chi connectivity index (χ4v) is 5.62. The van der Waals surface area contributed by atoms with Crippen LogP contribution in [0.5, 0.6) is 5.75 Å². The van der Waals surface area contributed by atoms with Crippen LogP contribution < -0.4 is 10.6 Å². The van der Waals surface area contributed by atoms with Gasteiger partial charge in [0.25, 0.3) is 5.91 Å². The van der Waals surface area contributed by atoms with Crippen molar-refractivity contribution >= 4 is 70.4 Å². The lowest BCUT2D eigenvalue weighted by Crippen LogP contribution is -2.71. The molecule has 4 atom stereocenters. The molecule has 0 bridgehead atoms. The number of phenolic OH excluding ortho intramolecular Hbond substituents is 1. The predicted molar refractivity (Wildman–Crippen MR) is 142 cm³/mol. The van der Waals surface area contributed by atoms with Gasteiger partial charge in [0.1, 0.15) is 41.6 Å². The minimum atomic E-state index is -1.81. The van der Waals surface area contributed by atoms with Crippen molar-refractivity contribution < 1.29 is 33.8 Å². The van der Waals surface area contributed by atoms with Crippen LogP contribution in [0.4, 0.5) is 4.79 Å². The molecule has 0 radical (unpaired) electrons. The van der Waals surface area contributed by atoms with Gasteiger partial charge >= 0.3 is 12.1 Å². The number of thioether (sulfide) groups is 1. The van der Waals surface area contributed by atoms with Crippen molar-refractivity contribution in [3.8, 4) is 5.75 Å². The van der Waals surface area contributed by atoms with E-state index in [0.717, 1.165) is 12.8 Å². The van der Waals surface area contributed by atoms with Gasteiger partial charge in [-0.05, 0) is 55.9 Å². The fraction of sp³-hybridized carbons (Fsp3) is 0.500. The Hall–Kier alpha value is -2.34. The molecule has 2 heterocycles. The largest absolute Gasteiger partial charge is 0.508 e. The number of aromatic hydroxyl groups is 1. The lowest BCUT2D eigenvalue weighted by molar-refractivity contribution is -0.153. The summed E-state index contributed by atoms with van der Waals surface area (Å²) in [5.41, 5.74) is 1.03. The van der Waals surface area contributed by atoms with E-state index in [4.69, 9.17) is 44.3 Å². The Morgan fingerprint density at radius 1 is 1.21 bits per heavy atom. The topological polar surface area (TPSA) is 134 Å². The number of nitrogens with one attached hydrogen (secondary N) is 2. The molecular weight excluding hydrogens is 581 g/mol. The summed E-state index contributed by atoms with van der Waals surface area (Å²) in [5.74, 6) is -1.30. The van der Waals surface area contributed by atoms with Crippen LogP contribution in [0.2, 0.25) is 0 Å². The molecule has 14 heteroatoms. The van der Waals surface area contributed by atoms with E-state index in [9.17, 15) is 24.3 Å². The molecule has 3 unspecified atom stereocenters. The van der Waals surface area contributed by atoms with Crippen molar-refractivity contribution in [1.29, 1.82) is 0 Å². The summed E-state index contributed by atoms with van der Waals surface area (Å²) < 4.78 is 8.67. The Morgan fingerprint density at radius 3 is 2.47 bits per heavy atom. The normalized spacial score (nSPS) is 22.6. The van der Waals surface area contributed by atoms with Crippen molar-refractivity contribution in [2.24, 2.45) is 5.92 Å². The van der Waals surface area contributed by atoms with E-state index in [1.54, 1.807) is 13.8 Å². The lowest BCUT2D eigenvalue weighted by Gasteiger charge is -2.49. The second-order valence-electron chi connectivity index (χ2n) is 9.33. The van der Waals surface area contributed by atoms with Gasteiger partial charge in [-0.2, -0.15) is 0 Å². The van der Waals surface area contributed by atoms with Crippen molar-refractivity contribution in [3.05, 3.63) is 41.1 Å². The van der Waals surface area contributed by atoms with Gasteiger partial charge in [0, 0.05) is 5.75 Å². The zero-order chi connectivity index (χ0) is 27.8. The van der Waals surface area contributed by atoms with E-state index in [1.807, 2.05) is 0 Å². The number of carbonyl (C=O) groups excluding carboxylic acids is 4. The van der Waals surface area contributed by atoms with Crippen molar-refractivity contribution in [2.45, 2.75) is 54.0 Å². The molecule has 38 heavy (non-hydrogen) atoms. The van der Waals surface area contributed by atoms with Gasteiger partial charge in [-0.1, -0.05) is 46.9 Å². The smallest absolute Gasteiger partial charge is 0.408 e. The quantitative estimate of drug-likeness (QED) is 0.232. The van der Waals surface area contributed by atoms with Gasteiger partial charge in [0.15, 0.2) is 0 Å². The minimum absolute atomic E-state index is 0.0161. The fourth-order valence-electron chi connectivity index (χ4n) is 4.16.